The van der Waals surface area contributed by atoms with E-state index < -0.39 is 0 Å². The van der Waals surface area contributed by atoms with Crippen molar-refractivity contribution in [2.45, 2.75) is 31.6 Å². The Kier molecular flexibility index (Phi) is 5.21. The molecule has 2 nitrogen and oxygen atoms in total. The van der Waals surface area contributed by atoms with Gasteiger partial charge in [-0.3, -0.25) is 4.90 Å². The molecule has 1 fully saturated rings. The van der Waals surface area contributed by atoms with E-state index in [4.69, 9.17) is 4.74 Å². The van der Waals surface area contributed by atoms with Crippen LogP contribution in [0.4, 0.5) is 0 Å². The summed E-state index contributed by atoms with van der Waals surface area (Å²) < 4.78 is 6.90. The lowest BCUT2D eigenvalue weighted by atomic mass is 10.1. The summed E-state index contributed by atoms with van der Waals surface area (Å²) in [6.07, 6.45) is 1.25. The first-order valence-corrected chi connectivity index (χ1v) is 8.47. The second-order valence-electron chi connectivity index (χ2n) is 5.59. The van der Waals surface area contributed by atoms with E-state index in [1.165, 1.54) is 28.8 Å². The van der Waals surface area contributed by atoms with Crippen molar-refractivity contribution in [3.8, 4) is 5.75 Å². The first-order valence-electron chi connectivity index (χ1n) is 6.69. The predicted octanol–water partition coefficient (Wildman–Crippen LogP) is 4.18. The minimum absolute atomic E-state index is 0.417. The maximum absolute atomic E-state index is 5.31. The van der Waals surface area contributed by atoms with Gasteiger partial charge in [-0.2, -0.15) is 11.8 Å². The van der Waals surface area contributed by atoms with E-state index in [9.17, 15) is 0 Å². The van der Waals surface area contributed by atoms with E-state index in [0.29, 0.717) is 4.75 Å². The summed E-state index contributed by atoms with van der Waals surface area (Å²) in [5, 5.41) is 0. The molecule has 0 atom stereocenters. The lowest BCUT2D eigenvalue weighted by Gasteiger charge is -2.23. The molecule has 106 valence electrons. The van der Waals surface area contributed by atoms with Crippen LogP contribution < -0.4 is 4.74 Å². The molecule has 0 amide bonds. The van der Waals surface area contributed by atoms with Crippen molar-refractivity contribution in [2.75, 3.05) is 26.0 Å². The van der Waals surface area contributed by atoms with Gasteiger partial charge in [-0.1, -0.05) is 29.8 Å². The summed E-state index contributed by atoms with van der Waals surface area (Å²) in [6, 6.07) is 6.20. The molecule has 0 saturated carbocycles. The highest BCUT2D eigenvalue weighted by Gasteiger charge is 2.23. The fraction of sp³-hybridized carbons (Fsp3) is 0.600. The molecule has 0 unspecified atom stereocenters. The van der Waals surface area contributed by atoms with Gasteiger partial charge in [-0.25, -0.2) is 0 Å². The lowest BCUT2D eigenvalue weighted by molar-refractivity contribution is 0.275. The average Bonchev–Trinajstić information content (AvgIpc) is 2.54. The number of rotatable bonds is 3. The van der Waals surface area contributed by atoms with Crippen LogP contribution in [-0.4, -0.2) is 35.6 Å². The Hall–Kier alpha value is -0.190. The maximum atomic E-state index is 5.31. The smallest absolute Gasteiger partial charge is 0.119 e. The Morgan fingerprint density at radius 2 is 2.16 bits per heavy atom. The largest absolute Gasteiger partial charge is 0.497 e. The van der Waals surface area contributed by atoms with Gasteiger partial charge in [0.05, 0.1) is 7.11 Å². The predicted molar refractivity (Wildman–Crippen MR) is 87.1 cm³/mol. The van der Waals surface area contributed by atoms with Crippen molar-refractivity contribution >= 4 is 27.7 Å². The minimum Gasteiger partial charge on any atom is -0.497 e. The molecule has 1 aromatic carbocycles. The van der Waals surface area contributed by atoms with Crippen LogP contribution in [0.15, 0.2) is 22.7 Å². The molecule has 0 radical (unpaired) electrons. The molecule has 0 aliphatic carbocycles. The molecule has 0 bridgehead atoms. The molecule has 0 spiro atoms. The molecule has 1 saturated heterocycles. The van der Waals surface area contributed by atoms with Gasteiger partial charge in [0.2, 0.25) is 0 Å². The molecule has 19 heavy (non-hydrogen) atoms. The van der Waals surface area contributed by atoms with Crippen LogP contribution >= 0.6 is 27.7 Å². The number of hydrogen-bond acceptors (Lipinski definition) is 3. The summed E-state index contributed by atoms with van der Waals surface area (Å²) in [7, 11) is 1.72. The van der Waals surface area contributed by atoms with Gasteiger partial charge in [0.15, 0.2) is 0 Å². The third-order valence-corrected chi connectivity index (χ3v) is 5.72. The monoisotopic (exact) mass is 343 g/mol. The van der Waals surface area contributed by atoms with E-state index in [1.54, 1.807) is 7.11 Å². The highest BCUT2D eigenvalue weighted by molar-refractivity contribution is 9.10. The number of nitrogens with zero attached hydrogens (tertiary/aromatic N) is 1. The molecular weight excluding hydrogens is 322 g/mol. The Balaban J connectivity index is 2.04. The topological polar surface area (TPSA) is 12.5 Å². The number of ether oxygens (including phenoxy) is 1. The van der Waals surface area contributed by atoms with E-state index in [2.05, 4.69) is 58.6 Å². The van der Waals surface area contributed by atoms with Gasteiger partial charge < -0.3 is 4.74 Å². The van der Waals surface area contributed by atoms with Crippen molar-refractivity contribution in [1.29, 1.82) is 0 Å². The van der Waals surface area contributed by atoms with Gasteiger partial charge in [0, 0.05) is 28.1 Å². The van der Waals surface area contributed by atoms with Crippen molar-refractivity contribution in [2.24, 2.45) is 0 Å². The SMILES string of the molecule is COc1ccc(Br)c(CN2CCSC(C)(C)CC2)c1. The number of thioether (sulfide) groups is 1. The molecule has 2 rings (SSSR count). The maximum Gasteiger partial charge on any atom is 0.119 e. The minimum atomic E-state index is 0.417. The molecule has 1 heterocycles. The summed E-state index contributed by atoms with van der Waals surface area (Å²) in [5.41, 5.74) is 1.31. The van der Waals surface area contributed by atoms with E-state index in [0.717, 1.165) is 18.8 Å². The van der Waals surface area contributed by atoms with E-state index in [1.807, 2.05) is 6.07 Å². The zero-order chi connectivity index (χ0) is 13.9. The molecule has 1 aliphatic rings. The Morgan fingerprint density at radius 3 is 2.89 bits per heavy atom. The van der Waals surface area contributed by atoms with Crippen LogP contribution in [0, 0.1) is 0 Å². The fourth-order valence-electron chi connectivity index (χ4n) is 2.26. The Bertz CT molecular complexity index is 436. The van der Waals surface area contributed by atoms with Crippen LogP contribution in [0.25, 0.3) is 0 Å². The molecule has 4 heteroatoms. The Morgan fingerprint density at radius 1 is 1.37 bits per heavy atom. The van der Waals surface area contributed by atoms with Crippen LogP contribution in [0.1, 0.15) is 25.8 Å². The van der Waals surface area contributed by atoms with Gasteiger partial charge in [0.25, 0.3) is 0 Å². The zero-order valence-electron chi connectivity index (χ0n) is 11.9. The second kappa shape index (κ2) is 6.51. The van der Waals surface area contributed by atoms with Crippen LogP contribution in [-0.2, 0) is 6.54 Å². The second-order valence-corrected chi connectivity index (χ2v) is 8.25. The van der Waals surface area contributed by atoms with Crippen molar-refractivity contribution in [3.05, 3.63) is 28.2 Å². The summed E-state index contributed by atoms with van der Waals surface area (Å²) >= 11 is 5.73. The van der Waals surface area contributed by atoms with Crippen molar-refractivity contribution in [3.63, 3.8) is 0 Å². The third kappa shape index (κ3) is 4.40. The van der Waals surface area contributed by atoms with Crippen LogP contribution in [0.3, 0.4) is 0 Å². The summed E-state index contributed by atoms with van der Waals surface area (Å²) in [4.78, 5) is 2.54. The quantitative estimate of drug-likeness (QED) is 0.816. The molecule has 0 N–H and O–H groups in total. The highest BCUT2D eigenvalue weighted by atomic mass is 79.9. The van der Waals surface area contributed by atoms with Gasteiger partial charge >= 0.3 is 0 Å². The fourth-order valence-corrected chi connectivity index (χ4v) is 3.77. The first kappa shape index (κ1) is 15.2. The van der Waals surface area contributed by atoms with Gasteiger partial charge in [-0.05, 0) is 36.7 Å². The molecule has 1 aliphatic heterocycles. The average molecular weight is 344 g/mol. The van der Waals surface area contributed by atoms with Crippen LogP contribution in [0.5, 0.6) is 5.75 Å². The first-order chi connectivity index (χ1) is 9.00. The van der Waals surface area contributed by atoms with E-state index in [-0.39, 0.29) is 0 Å². The number of methoxy groups -OCH3 is 1. The van der Waals surface area contributed by atoms with E-state index >= 15 is 0 Å². The molecule has 0 aromatic heterocycles. The van der Waals surface area contributed by atoms with Crippen LogP contribution in [0.2, 0.25) is 0 Å². The number of halogens is 1. The number of benzene rings is 1. The normalized spacial score (nSPS) is 20.0. The third-order valence-electron chi connectivity index (χ3n) is 3.58. The zero-order valence-corrected chi connectivity index (χ0v) is 14.3. The number of hydrogen-bond donors (Lipinski definition) is 0. The lowest BCUT2D eigenvalue weighted by Crippen LogP contribution is -2.27. The van der Waals surface area contributed by atoms with Gasteiger partial charge in [-0.15, -0.1) is 0 Å². The molecule has 1 aromatic rings. The summed E-state index contributed by atoms with van der Waals surface area (Å²) in [5.74, 6) is 2.15. The highest BCUT2D eigenvalue weighted by Crippen LogP contribution is 2.32. The standard InChI is InChI=1S/C15H22BrNOS/c1-15(2)6-7-17(8-9-19-15)11-12-10-13(18-3)4-5-14(12)16/h4-5,10H,6-9,11H2,1-3H3. The molecular formula is C15H22BrNOS. The van der Waals surface area contributed by atoms with Crippen molar-refractivity contribution in [1.82, 2.24) is 4.90 Å². The van der Waals surface area contributed by atoms with Gasteiger partial charge in [0.1, 0.15) is 5.75 Å². The van der Waals surface area contributed by atoms with Crippen molar-refractivity contribution < 1.29 is 4.74 Å². The Labute approximate surface area is 129 Å². The summed E-state index contributed by atoms with van der Waals surface area (Å²) in [6.45, 7) is 8.03.